The van der Waals surface area contributed by atoms with E-state index in [2.05, 4.69) is 37.7 Å². The molecule has 1 fully saturated rings. The van der Waals surface area contributed by atoms with Gasteiger partial charge in [0.15, 0.2) is 17.3 Å². The van der Waals surface area contributed by atoms with Crippen LogP contribution in [0.4, 0.5) is 31.9 Å². The average Bonchev–Trinajstić information content (AvgIpc) is 3.04. The maximum atomic E-state index is 15.4. The van der Waals surface area contributed by atoms with Crippen molar-refractivity contribution in [2.24, 2.45) is 0 Å². The fraction of sp³-hybridized carbons (Fsp3) is 0.273. The standard InChI is InChI=1S/C33H35F2N7O3/c1-5-33(4,35)23-15-22(21-7-6-8-25(43)17-21)16-24(18-23)37-27-9-10-28(38-29(27)20(2)3)31(44)40-41-32-36-19-26(34)30(39-32)42-11-13-45-14-12-42/h5-10,15-20,37,43H,1,11-14H2,2-4H3,(H,40,44)(H,36,39,41). The van der Waals surface area contributed by atoms with Gasteiger partial charge in [-0.25, -0.2) is 18.7 Å². The molecule has 1 aliphatic rings. The number of carbonyl (C=O) groups is 1. The molecule has 1 saturated heterocycles. The Morgan fingerprint density at radius 3 is 2.60 bits per heavy atom. The van der Waals surface area contributed by atoms with Crippen LogP contribution in [0.25, 0.3) is 11.1 Å². The molecule has 1 amide bonds. The molecule has 0 saturated carbocycles. The first-order valence-corrected chi connectivity index (χ1v) is 14.5. The number of amides is 1. The number of aromatic nitrogens is 3. The summed E-state index contributed by atoms with van der Waals surface area (Å²) in [5.41, 5.74) is 7.09. The van der Waals surface area contributed by atoms with Gasteiger partial charge in [-0.15, -0.1) is 0 Å². The number of hydrogen-bond donors (Lipinski definition) is 4. The van der Waals surface area contributed by atoms with Gasteiger partial charge in [0.1, 0.15) is 11.4 Å². The van der Waals surface area contributed by atoms with Gasteiger partial charge in [0.2, 0.25) is 5.95 Å². The van der Waals surface area contributed by atoms with Gasteiger partial charge in [0.25, 0.3) is 5.91 Å². The maximum absolute atomic E-state index is 15.4. The molecule has 45 heavy (non-hydrogen) atoms. The summed E-state index contributed by atoms with van der Waals surface area (Å²) in [6, 6.07) is 15.3. The smallest absolute Gasteiger partial charge is 0.288 e. The van der Waals surface area contributed by atoms with Gasteiger partial charge in [-0.3, -0.25) is 15.6 Å². The molecular formula is C33H35F2N7O3. The number of phenolic OH excluding ortho intramolecular Hbond substituents is 1. The van der Waals surface area contributed by atoms with Crippen LogP contribution in [0.3, 0.4) is 0 Å². The molecule has 234 valence electrons. The van der Waals surface area contributed by atoms with Crippen LogP contribution in [-0.2, 0) is 10.4 Å². The Kier molecular flexibility index (Phi) is 9.24. The Balaban J connectivity index is 1.37. The summed E-state index contributed by atoms with van der Waals surface area (Å²) in [5.74, 6) is -0.957. The summed E-state index contributed by atoms with van der Waals surface area (Å²) >= 11 is 0. The lowest BCUT2D eigenvalue weighted by molar-refractivity contribution is 0.0957. The number of aromatic hydroxyl groups is 1. The Labute approximate surface area is 260 Å². The molecule has 2 aromatic carbocycles. The number of nitrogens with zero attached hydrogens (tertiary/aromatic N) is 4. The Morgan fingerprint density at radius 2 is 1.89 bits per heavy atom. The highest BCUT2D eigenvalue weighted by Crippen LogP contribution is 2.36. The minimum absolute atomic E-state index is 0.0235. The van der Waals surface area contributed by atoms with Crippen LogP contribution < -0.4 is 21.1 Å². The number of halogens is 2. The van der Waals surface area contributed by atoms with Crippen molar-refractivity contribution in [3.8, 4) is 16.9 Å². The second-order valence-electron chi connectivity index (χ2n) is 11.1. The van der Waals surface area contributed by atoms with E-state index in [0.29, 0.717) is 60.1 Å². The minimum Gasteiger partial charge on any atom is -0.508 e. The van der Waals surface area contributed by atoms with Crippen molar-refractivity contribution in [1.82, 2.24) is 20.4 Å². The summed E-state index contributed by atoms with van der Waals surface area (Å²) < 4.78 is 35.1. The van der Waals surface area contributed by atoms with Gasteiger partial charge in [0.05, 0.1) is 30.8 Å². The molecule has 4 N–H and O–H groups in total. The first-order chi connectivity index (χ1) is 21.5. The van der Waals surface area contributed by atoms with Crippen LogP contribution in [-0.4, -0.2) is 52.3 Å². The second-order valence-corrected chi connectivity index (χ2v) is 11.1. The van der Waals surface area contributed by atoms with Crippen LogP contribution in [0.1, 0.15) is 48.4 Å². The lowest BCUT2D eigenvalue weighted by Gasteiger charge is -2.28. The summed E-state index contributed by atoms with van der Waals surface area (Å²) in [4.78, 5) is 27.5. The first kappa shape index (κ1) is 31.3. The number of phenols is 1. The largest absolute Gasteiger partial charge is 0.508 e. The molecule has 0 radical (unpaired) electrons. The highest BCUT2D eigenvalue weighted by atomic mass is 19.1. The van der Waals surface area contributed by atoms with Gasteiger partial charge < -0.3 is 20.1 Å². The monoisotopic (exact) mass is 615 g/mol. The van der Waals surface area contributed by atoms with Crippen molar-refractivity contribution in [3.63, 3.8) is 0 Å². The van der Waals surface area contributed by atoms with Crippen LogP contribution in [0.2, 0.25) is 0 Å². The molecule has 0 aliphatic carbocycles. The summed E-state index contributed by atoms with van der Waals surface area (Å²) in [6.07, 6.45) is 2.28. The van der Waals surface area contributed by atoms with Crippen molar-refractivity contribution < 1.29 is 23.4 Å². The van der Waals surface area contributed by atoms with Gasteiger partial charge in [-0.2, -0.15) is 4.98 Å². The van der Waals surface area contributed by atoms with Crippen molar-refractivity contribution in [1.29, 1.82) is 0 Å². The van der Waals surface area contributed by atoms with E-state index in [4.69, 9.17) is 4.74 Å². The predicted molar refractivity (Wildman–Crippen MR) is 170 cm³/mol. The molecule has 4 aromatic rings. The molecule has 1 aliphatic heterocycles. The maximum Gasteiger partial charge on any atom is 0.288 e. The second kappa shape index (κ2) is 13.3. The zero-order valence-electron chi connectivity index (χ0n) is 25.3. The van der Waals surface area contributed by atoms with Crippen molar-refractivity contribution in [2.75, 3.05) is 41.9 Å². The number of hydrazine groups is 1. The number of alkyl halides is 1. The third kappa shape index (κ3) is 7.35. The molecule has 12 heteroatoms. The molecule has 5 rings (SSSR count). The fourth-order valence-electron chi connectivity index (χ4n) is 4.85. The van der Waals surface area contributed by atoms with Gasteiger partial charge in [-0.05, 0) is 72.0 Å². The van der Waals surface area contributed by atoms with E-state index in [1.165, 1.54) is 13.0 Å². The van der Waals surface area contributed by atoms with Crippen molar-refractivity contribution in [2.45, 2.75) is 32.4 Å². The number of pyridine rings is 1. The molecular weight excluding hydrogens is 580 g/mol. The summed E-state index contributed by atoms with van der Waals surface area (Å²) in [6.45, 7) is 10.9. The number of allylic oxidation sites excluding steroid dienone is 1. The van der Waals surface area contributed by atoms with Crippen molar-refractivity contribution >= 4 is 29.0 Å². The molecule has 10 nitrogen and oxygen atoms in total. The van der Waals surface area contributed by atoms with Gasteiger partial charge >= 0.3 is 0 Å². The molecule has 1 atom stereocenters. The normalized spacial score (nSPS) is 14.5. The van der Waals surface area contributed by atoms with E-state index >= 15 is 4.39 Å². The van der Waals surface area contributed by atoms with E-state index in [1.807, 2.05) is 26.0 Å². The predicted octanol–water partition coefficient (Wildman–Crippen LogP) is 6.21. The van der Waals surface area contributed by atoms with Crippen LogP contribution >= 0.6 is 0 Å². The third-order valence-corrected chi connectivity index (χ3v) is 7.37. The number of anilines is 4. The lowest BCUT2D eigenvalue weighted by Crippen LogP contribution is -2.38. The first-order valence-electron chi connectivity index (χ1n) is 14.5. The van der Waals surface area contributed by atoms with E-state index < -0.39 is 17.4 Å². The van der Waals surface area contributed by atoms with E-state index in [9.17, 15) is 14.3 Å². The third-order valence-electron chi connectivity index (χ3n) is 7.37. The zero-order chi connectivity index (χ0) is 32.1. The molecule has 0 bridgehead atoms. The number of morpholine rings is 1. The lowest BCUT2D eigenvalue weighted by atomic mass is 9.93. The van der Waals surface area contributed by atoms with Crippen LogP contribution in [0, 0.1) is 5.82 Å². The van der Waals surface area contributed by atoms with E-state index in [1.54, 1.807) is 47.4 Å². The number of nitrogens with one attached hydrogen (secondary N) is 3. The fourth-order valence-corrected chi connectivity index (χ4v) is 4.85. The minimum atomic E-state index is -1.81. The number of rotatable bonds is 10. The average molecular weight is 616 g/mol. The number of ether oxygens (including phenoxy) is 1. The topological polar surface area (TPSA) is 125 Å². The highest BCUT2D eigenvalue weighted by molar-refractivity contribution is 5.93. The summed E-state index contributed by atoms with van der Waals surface area (Å²) in [5, 5.41) is 13.4. The zero-order valence-corrected chi connectivity index (χ0v) is 25.3. The quantitative estimate of drug-likeness (QED) is 0.122. The Hall–Kier alpha value is -5.10. The van der Waals surface area contributed by atoms with Crippen LogP contribution in [0.15, 0.2) is 73.4 Å². The highest BCUT2D eigenvalue weighted by Gasteiger charge is 2.24. The van der Waals surface area contributed by atoms with Crippen molar-refractivity contribution in [3.05, 3.63) is 96.2 Å². The molecule has 3 heterocycles. The molecule has 0 spiro atoms. The number of carbonyl (C=O) groups excluding carboxylic acids is 1. The molecule has 2 aromatic heterocycles. The molecule has 1 unspecified atom stereocenters. The van der Waals surface area contributed by atoms with Gasteiger partial charge in [0, 0.05) is 18.8 Å². The Morgan fingerprint density at radius 1 is 1.11 bits per heavy atom. The summed E-state index contributed by atoms with van der Waals surface area (Å²) in [7, 11) is 0. The number of benzene rings is 2. The van der Waals surface area contributed by atoms with Crippen LogP contribution in [0.5, 0.6) is 5.75 Å². The number of hydrogen-bond acceptors (Lipinski definition) is 9. The van der Waals surface area contributed by atoms with E-state index in [0.717, 1.165) is 6.20 Å². The van der Waals surface area contributed by atoms with E-state index in [-0.39, 0.29) is 29.1 Å². The Bertz CT molecular complexity index is 1710. The SMILES string of the molecule is C=CC(C)(F)c1cc(Nc2ccc(C(=O)NNc3ncc(F)c(N4CCOCC4)n3)nc2C(C)C)cc(-c2cccc(O)c2)c1. The van der Waals surface area contributed by atoms with Gasteiger partial charge in [-0.1, -0.05) is 38.6 Å².